The molecule has 2 aromatic rings. The number of anilines is 1. The fraction of sp³-hybridized carbons (Fsp3) is 0.435. The second-order valence-corrected chi connectivity index (χ2v) is 8.20. The van der Waals surface area contributed by atoms with Crippen LogP contribution in [0.5, 0.6) is 11.5 Å². The number of benzene rings is 2. The number of rotatable bonds is 4. The molecule has 2 bridgehead atoms. The summed E-state index contributed by atoms with van der Waals surface area (Å²) in [7, 11) is 3.29. The van der Waals surface area contributed by atoms with Crippen molar-refractivity contribution in [1.82, 2.24) is 0 Å². The molecule has 5 atom stereocenters. The number of hydrogen-bond acceptors (Lipinski definition) is 5. The lowest BCUT2D eigenvalue weighted by molar-refractivity contribution is -0.254. The standard InChI is InChI=1S/C23H25NO4/c1-27-17-8-4-6-15(22(17)28-2)21-19-13-10-9-12(11-13)18(19)14-5-3-7-16(23(25)26)20(14)24-21/h3-8,12-13,18-19,21,24H,9-11H2,1-2H3,(H,25,26)/p-1/t12-,13-,18+,19+,21-/m0/s1. The number of aromatic carboxylic acids is 1. The Morgan fingerprint density at radius 1 is 1.04 bits per heavy atom. The highest BCUT2D eigenvalue weighted by atomic mass is 16.5. The second-order valence-electron chi connectivity index (χ2n) is 8.20. The van der Waals surface area contributed by atoms with Gasteiger partial charge in [0.15, 0.2) is 11.5 Å². The van der Waals surface area contributed by atoms with Gasteiger partial charge in [0.2, 0.25) is 0 Å². The fourth-order valence-electron chi connectivity index (χ4n) is 6.15. The Labute approximate surface area is 164 Å². The molecule has 0 radical (unpaired) electrons. The number of hydrogen-bond donors (Lipinski definition) is 1. The molecule has 3 aliphatic rings. The number of carboxylic acid groups (broad SMARTS) is 1. The van der Waals surface area contributed by atoms with Crippen molar-refractivity contribution in [2.45, 2.75) is 31.2 Å². The van der Waals surface area contributed by atoms with Crippen molar-refractivity contribution in [3.8, 4) is 11.5 Å². The molecule has 0 aromatic heterocycles. The van der Waals surface area contributed by atoms with Gasteiger partial charge in [0.25, 0.3) is 0 Å². The van der Waals surface area contributed by atoms with Crippen LogP contribution in [0.2, 0.25) is 0 Å². The Balaban J connectivity index is 1.70. The van der Waals surface area contributed by atoms with E-state index < -0.39 is 5.97 Å². The van der Waals surface area contributed by atoms with Crippen molar-refractivity contribution in [2.75, 3.05) is 19.5 Å². The zero-order chi connectivity index (χ0) is 19.4. The molecule has 1 heterocycles. The van der Waals surface area contributed by atoms with Gasteiger partial charge in [-0.1, -0.05) is 30.3 Å². The van der Waals surface area contributed by atoms with E-state index in [0.29, 0.717) is 35.1 Å². The molecule has 0 saturated heterocycles. The van der Waals surface area contributed by atoms with Gasteiger partial charge in [-0.05, 0) is 54.6 Å². The molecule has 2 aliphatic carbocycles. The lowest BCUT2D eigenvalue weighted by atomic mass is 9.67. The third kappa shape index (κ3) is 2.35. The number of fused-ring (bicyclic) bond motifs is 7. The van der Waals surface area contributed by atoms with Crippen LogP contribution in [0, 0.1) is 17.8 Å². The molecule has 146 valence electrons. The number of ether oxygens (including phenoxy) is 2. The summed E-state index contributed by atoms with van der Waals surface area (Å²) in [6.45, 7) is 0. The molecule has 0 unspecified atom stereocenters. The van der Waals surface area contributed by atoms with E-state index in [1.165, 1.54) is 19.3 Å². The molecular formula is C23H24NO4-. The number of para-hydroxylation sites is 2. The average Bonchev–Trinajstić information content (AvgIpc) is 3.34. The first-order valence-electron chi connectivity index (χ1n) is 9.95. The lowest BCUT2D eigenvalue weighted by Crippen LogP contribution is -2.37. The van der Waals surface area contributed by atoms with Crippen molar-refractivity contribution in [3.63, 3.8) is 0 Å². The van der Waals surface area contributed by atoms with Gasteiger partial charge >= 0.3 is 0 Å². The van der Waals surface area contributed by atoms with Crippen LogP contribution in [0.15, 0.2) is 36.4 Å². The zero-order valence-electron chi connectivity index (χ0n) is 16.1. The van der Waals surface area contributed by atoms with E-state index in [0.717, 1.165) is 16.9 Å². The van der Waals surface area contributed by atoms with E-state index >= 15 is 0 Å². The van der Waals surface area contributed by atoms with Crippen LogP contribution in [0.3, 0.4) is 0 Å². The number of carbonyl (C=O) groups is 1. The zero-order valence-corrected chi connectivity index (χ0v) is 16.1. The van der Waals surface area contributed by atoms with Gasteiger partial charge in [-0.2, -0.15) is 0 Å². The predicted octanol–water partition coefficient (Wildman–Crippen LogP) is 3.36. The molecule has 1 N–H and O–H groups in total. The van der Waals surface area contributed by atoms with Crippen molar-refractivity contribution in [2.24, 2.45) is 17.8 Å². The normalized spacial score (nSPS) is 29.6. The Morgan fingerprint density at radius 3 is 2.54 bits per heavy atom. The van der Waals surface area contributed by atoms with Crippen LogP contribution in [0.1, 0.15) is 52.7 Å². The predicted molar refractivity (Wildman–Crippen MR) is 104 cm³/mol. The van der Waals surface area contributed by atoms with Gasteiger partial charge in [0, 0.05) is 16.8 Å². The van der Waals surface area contributed by atoms with E-state index in [1.807, 2.05) is 18.2 Å². The Bertz CT molecular complexity index is 940. The fourth-order valence-corrected chi connectivity index (χ4v) is 6.15. The summed E-state index contributed by atoms with van der Waals surface area (Å²) in [6.07, 6.45) is 3.68. The largest absolute Gasteiger partial charge is 0.545 e. The van der Waals surface area contributed by atoms with Crippen LogP contribution >= 0.6 is 0 Å². The molecule has 0 spiro atoms. The van der Waals surface area contributed by atoms with Crippen LogP contribution < -0.4 is 19.9 Å². The summed E-state index contributed by atoms with van der Waals surface area (Å²) in [5.74, 6) is 2.33. The van der Waals surface area contributed by atoms with Crippen LogP contribution in [-0.2, 0) is 0 Å². The molecular weight excluding hydrogens is 354 g/mol. The summed E-state index contributed by atoms with van der Waals surface area (Å²) in [6, 6.07) is 11.5. The van der Waals surface area contributed by atoms with Crippen LogP contribution in [-0.4, -0.2) is 20.2 Å². The number of carboxylic acids is 1. The first-order chi connectivity index (χ1) is 13.6. The first kappa shape index (κ1) is 17.4. The summed E-state index contributed by atoms with van der Waals surface area (Å²) in [5, 5.41) is 15.4. The smallest absolute Gasteiger partial charge is 0.165 e. The minimum Gasteiger partial charge on any atom is -0.545 e. The van der Waals surface area contributed by atoms with E-state index in [4.69, 9.17) is 9.47 Å². The average molecular weight is 378 g/mol. The quantitative estimate of drug-likeness (QED) is 0.883. The molecule has 5 heteroatoms. The maximum Gasteiger partial charge on any atom is 0.165 e. The van der Waals surface area contributed by atoms with Gasteiger partial charge in [0.1, 0.15) is 0 Å². The van der Waals surface area contributed by atoms with Crippen molar-refractivity contribution >= 4 is 11.7 Å². The first-order valence-corrected chi connectivity index (χ1v) is 9.95. The van der Waals surface area contributed by atoms with Crippen LogP contribution in [0.25, 0.3) is 0 Å². The highest BCUT2D eigenvalue weighted by Crippen LogP contribution is 2.64. The Hall–Kier alpha value is -2.69. The molecule has 5 rings (SSSR count). The third-order valence-corrected chi connectivity index (χ3v) is 7.11. The van der Waals surface area contributed by atoms with Gasteiger partial charge in [0.05, 0.1) is 26.2 Å². The summed E-state index contributed by atoms with van der Waals surface area (Å²) in [4.78, 5) is 11.8. The molecule has 0 amide bonds. The maximum atomic E-state index is 11.8. The molecule has 2 aromatic carbocycles. The molecule has 2 fully saturated rings. The number of methoxy groups -OCH3 is 2. The minimum atomic E-state index is -1.14. The Kier molecular flexibility index (Phi) is 4.00. The van der Waals surface area contributed by atoms with Gasteiger partial charge in [-0.15, -0.1) is 0 Å². The van der Waals surface area contributed by atoms with Gasteiger partial charge in [-0.25, -0.2) is 0 Å². The van der Waals surface area contributed by atoms with Crippen molar-refractivity contribution in [1.29, 1.82) is 0 Å². The van der Waals surface area contributed by atoms with E-state index in [9.17, 15) is 9.90 Å². The third-order valence-electron chi connectivity index (χ3n) is 7.11. The molecule has 28 heavy (non-hydrogen) atoms. The van der Waals surface area contributed by atoms with Gasteiger partial charge in [-0.3, -0.25) is 0 Å². The highest BCUT2D eigenvalue weighted by Gasteiger charge is 2.54. The van der Waals surface area contributed by atoms with Crippen molar-refractivity contribution < 1.29 is 19.4 Å². The second kappa shape index (κ2) is 6.43. The maximum absolute atomic E-state index is 11.8. The SMILES string of the molecule is COc1cccc([C@@H]2Nc3c(C(=O)[O-])cccc3[C@H]3[C@H]4CC[C@@H](C4)[C@H]32)c1OC. The monoisotopic (exact) mass is 378 g/mol. The minimum absolute atomic E-state index is 0.0154. The number of nitrogens with one attached hydrogen (secondary N) is 1. The van der Waals surface area contributed by atoms with E-state index in [-0.39, 0.29) is 11.6 Å². The van der Waals surface area contributed by atoms with Crippen molar-refractivity contribution in [3.05, 3.63) is 53.1 Å². The van der Waals surface area contributed by atoms with Crippen LogP contribution in [0.4, 0.5) is 5.69 Å². The van der Waals surface area contributed by atoms with E-state index in [2.05, 4.69) is 17.4 Å². The lowest BCUT2D eigenvalue weighted by Gasteiger charge is -2.44. The molecule has 2 saturated carbocycles. The highest BCUT2D eigenvalue weighted by molar-refractivity contribution is 5.94. The van der Waals surface area contributed by atoms with E-state index in [1.54, 1.807) is 20.3 Å². The molecule has 5 nitrogen and oxygen atoms in total. The van der Waals surface area contributed by atoms with Gasteiger partial charge < -0.3 is 24.7 Å². The molecule has 1 aliphatic heterocycles. The summed E-state index contributed by atoms with van der Waals surface area (Å²) >= 11 is 0. The summed E-state index contributed by atoms with van der Waals surface area (Å²) < 4.78 is 11.2. The Morgan fingerprint density at radius 2 is 1.79 bits per heavy atom. The number of carbonyl (C=O) groups excluding carboxylic acids is 1. The summed E-state index contributed by atoms with van der Waals surface area (Å²) in [5.41, 5.74) is 3.12. The topological polar surface area (TPSA) is 70.6 Å².